The highest BCUT2D eigenvalue weighted by molar-refractivity contribution is 6.93. The highest BCUT2D eigenvalue weighted by Gasteiger charge is 2.54. The Hall–Kier alpha value is -7.56. The van der Waals surface area contributed by atoms with E-state index in [9.17, 15) is 0 Å². The maximum absolute atomic E-state index is 2.81. The van der Waals surface area contributed by atoms with Crippen molar-refractivity contribution in [1.82, 2.24) is 4.57 Å². The molecule has 378 valence electrons. The molecular formula is C74H64BN3. The molecule has 0 atom stereocenters. The van der Waals surface area contributed by atoms with Crippen molar-refractivity contribution < 1.29 is 0 Å². The maximum atomic E-state index is 2.81. The lowest BCUT2D eigenvalue weighted by atomic mass is 9.42. The summed E-state index contributed by atoms with van der Waals surface area (Å²) in [6.45, 7) is -0.0700. The Morgan fingerprint density at radius 1 is 0.385 bits per heavy atom. The van der Waals surface area contributed by atoms with Gasteiger partial charge >= 0.3 is 6.85 Å². The normalized spacial score (nSPS) is 26.4. The Bertz CT molecular complexity index is 3940. The molecular weight excluding hydrogens is 942 g/mol. The number of fused-ring (bicyclic) bond motifs is 7. The Morgan fingerprint density at radius 3 is 1.46 bits per heavy atom. The number of anilines is 5. The summed E-state index contributed by atoms with van der Waals surface area (Å²) in [6, 6.07) is 79.8. The average Bonchev–Trinajstić information content (AvgIpc) is 3.59. The van der Waals surface area contributed by atoms with Gasteiger partial charge in [-0.1, -0.05) is 127 Å². The van der Waals surface area contributed by atoms with Gasteiger partial charge in [-0.15, -0.1) is 0 Å². The molecule has 8 bridgehead atoms. The Morgan fingerprint density at radius 2 is 0.885 bits per heavy atom. The third-order valence-electron chi connectivity index (χ3n) is 21.6. The van der Waals surface area contributed by atoms with Gasteiger partial charge in [0.25, 0.3) is 0 Å². The van der Waals surface area contributed by atoms with Gasteiger partial charge in [-0.05, 0) is 252 Å². The molecule has 10 aliphatic rings. The fourth-order valence-electron chi connectivity index (χ4n) is 19.3. The van der Waals surface area contributed by atoms with Gasteiger partial charge in [0.2, 0.25) is 0 Å². The largest absolute Gasteiger partial charge is 0.376 e. The van der Waals surface area contributed by atoms with Gasteiger partial charge in [0.15, 0.2) is 0 Å². The van der Waals surface area contributed by atoms with E-state index in [2.05, 4.69) is 221 Å². The summed E-state index contributed by atoms with van der Waals surface area (Å²) < 4.78 is 2.78. The second-order valence-corrected chi connectivity index (χ2v) is 26.1. The van der Waals surface area contributed by atoms with Gasteiger partial charge < -0.3 is 14.3 Å². The average molecular weight is 1010 g/mol. The number of nitrogens with zero attached hydrogens (tertiary/aromatic N) is 3. The molecule has 8 aliphatic carbocycles. The van der Waals surface area contributed by atoms with Crippen molar-refractivity contribution in [3.8, 4) is 39.1 Å². The van der Waals surface area contributed by atoms with Crippen LogP contribution < -0.4 is 20.6 Å². The lowest BCUT2D eigenvalue weighted by molar-refractivity contribution is -0.00526. The molecule has 9 aromatic carbocycles. The van der Waals surface area contributed by atoms with Gasteiger partial charge in [0, 0.05) is 50.5 Å². The number of hydrogen-bond acceptors (Lipinski definition) is 2. The van der Waals surface area contributed by atoms with Crippen LogP contribution in [0.2, 0.25) is 0 Å². The third-order valence-corrected chi connectivity index (χ3v) is 21.6. The van der Waals surface area contributed by atoms with E-state index >= 15 is 0 Å². The molecule has 4 heteroatoms. The SMILES string of the molecule is c1ccc(-c2ccc(N3B4c5c(cc(N(c6ccccc6)c6ccccc6)cc5-n5c6ccc(C78CC9CC(CC(C9)C7)C8)cc6c6cc(C78CC9CC(CC(C9)C7)C8)cc4c65)-c4cc(-c5ccccc5)ccc43)cc2)cc1. The first-order valence-electron chi connectivity index (χ1n) is 29.8. The monoisotopic (exact) mass is 1010 g/mol. The molecule has 0 N–H and O–H groups in total. The molecule has 8 fully saturated rings. The second-order valence-electron chi connectivity index (χ2n) is 26.1. The van der Waals surface area contributed by atoms with Crippen LogP contribution in [0.5, 0.6) is 0 Å². The lowest BCUT2D eigenvalue weighted by Gasteiger charge is -2.57. The number of aromatic nitrogens is 1. The highest BCUT2D eigenvalue weighted by atomic mass is 15.2. The van der Waals surface area contributed by atoms with Crippen LogP contribution in [0.25, 0.3) is 60.9 Å². The van der Waals surface area contributed by atoms with Crippen LogP contribution in [-0.4, -0.2) is 11.4 Å². The highest BCUT2D eigenvalue weighted by Crippen LogP contribution is 2.63. The third kappa shape index (κ3) is 6.52. The minimum absolute atomic E-state index is 0.0700. The van der Waals surface area contributed by atoms with Crippen molar-refractivity contribution in [2.24, 2.45) is 35.5 Å². The quantitative estimate of drug-likeness (QED) is 0.141. The maximum Gasteiger partial charge on any atom is 0.333 e. The molecule has 2 aliphatic heterocycles. The van der Waals surface area contributed by atoms with E-state index in [4.69, 9.17) is 0 Å². The molecule has 3 nitrogen and oxygen atoms in total. The number of hydrogen-bond donors (Lipinski definition) is 0. The first kappa shape index (κ1) is 44.4. The first-order valence-corrected chi connectivity index (χ1v) is 29.8. The minimum atomic E-state index is -0.0700. The molecule has 8 saturated carbocycles. The molecule has 3 heterocycles. The zero-order chi connectivity index (χ0) is 50.8. The van der Waals surface area contributed by atoms with Crippen LogP contribution in [0, 0.1) is 35.5 Å². The Labute approximate surface area is 459 Å². The van der Waals surface area contributed by atoms with Crippen LogP contribution in [0.1, 0.15) is 88.2 Å². The smallest absolute Gasteiger partial charge is 0.333 e. The lowest BCUT2D eigenvalue weighted by Crippen LogP contribution is -2.61. The van der Waals surface area contributed by atoms with Gasteiger partial charge in [0.1, 0.15) is 0 Å². The van der Waals surface area contributed by atoms with Crippen LogP contribution in [-0.2, 0) is 10.8 Å². The molecule has 0 amide bonds. The summed E-state index contributed by atoms with van der Waals surface area (Å²) in [5, 5.41) is 2.94. The molecule has 10 aromatic rings. The second kappa shape index (κ2) is 16.5. The molecule has 0 radical (unpaired) electrons. The number of rotatable bonds is 8. The van der Waals surface area contributed by atoms with E-state index in [0.717, 1.165) is 46.9 Å². The zero-order valence-electron chi connectivity index (χ0n) is 44.5. The Kier molecular flexibility index (Phi) is 9.39. The van der Waals surface area contributed by atoms with Crippen molar-refractivity contribution in [2.75, 3.05) is 9.71 Å². The van der Waals surface area contributed by atoms with Crippen molar-refractivity contribution in [1.29, 1.82) is 0 Å². The van der Waals surface area contributed by atoms with Gasteiger partial charge in [-0.2, -0.15) is 0 Å². The molecule has 20 rings (SSSR count). The van der Waals surface area contributed by atoms with Gasteiger partial charge in [0.05, 0.1) is 11.0 Å². The summed E-state index contributed by atoms with van der Waals surface area (Å²) in [7, 11) is 0. The van der Waals surface area contributed by atoms with E-state index in [1.165, 1.54) is 166 Å². The van der Waals surface area contributed by atoms with Crippen molar-refractivity contribution in [3.05, 3.63) is 217 Å². The van der Waals surface area contributed by atoms with Gasteiger partial charge in [-0.25, -0.2) is 0 Å². The van der Waals surface area contributed by atoms with Crippen molar-refractivity contribution in [3.63, 3.8) is 0 Å². The van der Waals surface area contributed by atoms with E-state index in [1.807, 2.05) is 0 Å². The number of benzene rings is 9. The van der Waals surface area contributed by atoms with Gasteiger partial charge in [-0.3, -0.25) is 0 Å². The standard InChI is InChI=1S/C74H64BN3/c1-5-13-53(14-6-1)55-21-25-61(26-22-55)78-69-27-23-56(54-15-7-2-8-16-54)35-63(69)65-39-62(76(59-17-9-3-10-18-59)60-19-11-4-12-20-60)40-70-71(65)75(78)67-38-58(74-44-50-32-51(45-74)34-52(33-50)46-74)37-66-64-36-57(24-28-68(64)77(70)72(66)67)73-41-47-29-48(42-73)31-49(30-47)43-73/h1-28,35-40,47-52H,29-34,41-46H2. The summed E-state index contributed by atoms with van der Waals surface area (Å²) in [4.78, 5) is 5.28. The fourth-order valence-corrected chi connectivity index (χ4v) is 19.3. The van der Waals surface area contributed by atoms with Crippen molar-refractivity contribution >= 4 is 68.0 Å². The number of para-hydroxylation sites is 2. The minimum Gasteiger partial charge on any atom is -0.376 e. The molecule has 1 aromatic heterocycles. The van der Waals surface area contributed by atoms with E-state index in [-0.39, 0.29) is 12.3 Å². The predicted octanol–water partition coefficient (Wildman–Crippen LogP) is 17.8. The summed E-state index contributed by atoms with van der Waals surface area (Å²) >= 11 is 0. The van der Waals surface area contributed by atoms with Crippen LogP contribution in [0.4, 0.5) is 28.4 Å². The fraction of sp³-hybridized carbons (Fsp3) is 0.270. The van der Waals surface area contributed by atoms with Crippen molar-refractivity contribution in [2.45, 2.75) is 87.9 Å². The van der Waals surface area contributed by atoms with Crippen LogP contribution in [0.15, 0.2) is 206 Å². The molecule has 78 heavy (non-hydrogen) atoms. The molecule has 0 spiro atoms. The van der Waals surface area contributed by atoms with Crippen LogP contribution >= 0.6 is 0 Å². The summed E-state index contributed by atoms with van der Waals surface area (Å²) in [5.74, 6) is 5.25. The molecule has 0 unspecified atom stereocenters. The van der Waals surface area contributed by atoms with Crippen LogP contribution in [0.3, 0.4) is 0 Å². The first-order chi connectivity index (χ1) is 38.5. The predicted molar refractivity (Wildman–Crippen MR) is 325 cm³/mol. The zero-order valence-corrected chi connectivity index (χ0v) is 44.5. The Balaban J connectivity index is 0.956. The van der Waals surface area contributed by atoms with E-state index in [1.54, 1.807) is 11.1 Å². The summed E-state index contributed by atoms with van der Waals surface area (Å²) in [6.07, 6.45) is 16.9. The molecule has 0 saturated heterocycles. The van der Waals surface area contributed by atoms with E-state index < -0.39 is 0 Å². The van der Waals surface area contributed by atoms with E-state index in [0.29, 0.717) is 5.41 Å². The topological polar surface area (TPSA) is 11.4 Å². The summed E-state index contributed by atoms with van der Waals surface area (Å²) in [5.41, 5.74) is 24.2.